The van der Waals surface area contributed by atoms with E-state index in [1.807, 2.05) is 48.5 Å². The topological polar surface area (TPSA) is 44.8 Å². The number of carbonyl (C=O) groups is 1. The smallest absolute Gasteiger partial charge is 0.307 e. The van der Waals surface area contributed by atoms with E-state index in [9.17, 15) is 4.79 Å². The predicted octanol–water partition coefficient (Wildman–Crippen LogP) is 7.44. The Morgan fingerprint density at radius 2 is 1.35 bits per heavy atom. The van der Waals surface area contributed by atoms with Gasteiger partial charge < -0.3 is 14.2 Å². The number of rotatable bonds is 10. The van der Waals surface area contributed by atoms with Gasteiger partial charge in [0.15, 0.2) is 12.4 Å². The number of carbonyl (C=O) groups excluding carboxylic acids is 1. The average Bonchev–Trinajstić information content (AvgIpc) is 3.40. The Labute approximate surface area is 240 Å². The van der Waals surface area contributed by atoms with Gasteiger partial charge in [-0.2, -0.15) is 0 Å². The molecule has 0 saturated carbocycles. The van der Waals surface area contributed by atoms with Crippen molar-refractivity contribution in [3.63, 3.8) is 0 Å². The number of esters is 1. The van der Waals surface area contributed by atoms with Crippen LogP contribution in [0.4, 0.5) is 0 Å². The highest BCUT2D eigenvalue weighted by atomic mass is 32.2. The van der Waals surface area contributed by atoms with Crippen molar-refractivity contribution in [2.45, 2.75) is 54.3 Å². The molecule has 1 unspecified atom stereocenters. The van der Waals surface area contributed by atoms with E-state index in [1.54, 1.807) is 11.8 Å². The second kappa shape index (κ2) is 12.4. The number of hydrogen-bond acceptors (Lipinski definition) is 5. The van der Waals surface area contributed by atoms with Gasteiger partial charge in [0, 0.05) is 15.6 Å². The lowest BCUT2D eigenvalue weighted by Gasteiger charge is -2.46. The fourth-order valence-corrected chi connectivity index (χ4v) is 7.24. The fourth-order valence-electron chi connectivity index (χ4n) is 6.09. The molecule has 5 heteroatoms. The van der Waals surface area contributed by atoms with Crippen molar-refractivity contribution in [1.82, 2.24) is 0 Å². The van der Waals surface area contributed by atoms with Gasteiger partial charge in [0.25, 0.3) is 0 Å². The number of fused-ring (bicyclic) bond motifs is 2. The van der Waals surface area contributed by atoms with E-state index in [0.29, 0.717) is 6.61 Å². The highest BCUT2D eigenvalue weighted by Gasteiger charge is 2.55. The standard InChI is InChI=1S/C35H34O4S/c36-32(21-31(28-17-9-3-10-18-28)40-30-19-11-4-12-20-30)39-33-34-37-25-29(38-34)24-35(33,22-26-13-5-1-6-14-26)23-27-15-7-2-8-16-27/h1-20,29,31,33-34H,21-25H2/t29-,31?,33+,34+/m0/s1. The molecule has 0 aromatic heterocycles. The van der Waals surface area contributed by atoms with Crippen LogP contribution in [0.2, 0.25) is 0 Å². The largest absolute Gasteiger partial charge is 0.456 e. The Kier molecular flexibility index (Phi) is 8.33. The van der Waals surface area contributed by atoms with Crippen molar-refractivity contribution in [3.8, 4) is 0 Å². The van der Waals surface area contributed by atoms with Crippen molar-refractivity contribution in [2.75, 3.05) is 6.61 Å². The van der Waals surface area contributed by atoms with Crippen LogP contribution in [-0.4, -0.2) is 31.1 Å². The minimum absolute atomic E-state index is 0.00178. The van der Waals surface area contributed by atoms with Gasteiger partial charge in [0.2, 0.25) is 0 Å². The molecule has 2 aliphatic heterocycles. The van der Waals surface area contributed by atoms with Gasteiger partial charge in [-0.05, 0) is 48.1 Å². The highest BCUT2D eigenvalue weighted by molar-refractivity contribution is 7.99. The van der Waals surface area contributed by atoms with Crippen molar-refractivity contribution < 1.29 is 19.0 Å². The lowest BCUT2D eigenvalue weighted by molar-refractivity contribution is -0.224. The molecule has 2 aliphatic rings. The number of hydrogen-bond donors (Lipinski definition) is 0. The van der Waals surface area contributed by atoms with Crippen LogP contribution in [0.25, 0.3) is 0 Å². The van der Waals surface area contributed by atoms with Crippen LogP contribution in [0, 0.1) is 5.41 Å². The summed E-state index contributed by atoms with van der Waals surface area (Å²) >= 11 is 1.69. The summed E-state index contributed by atoms with van der Waals surface area (Å²) in [5.74, 6) is -0.231. The molecule has 4 nitrogen and oxygen atoms in total. The van der Waals surface area contributed by atoms with Crippen molar-refractivity contribution in [1.29, 1.82) is 0 Å². The SMILES string of the molecule is O=C(CC(Sc1ccccc1)c1ccccc1)O[C@@H]1[C@@H]2OC[C@H](CC1(Cc1ccccc1)Cc1ccccc1)O2. The Morgan fingerprint density at radius 1 is 0.800 bits per heavy atom. The maximum atomic E-state index is 13.8. The molecule has 0 N–H and O–H groups in total. The van der Waals surface area contributed by atoms with Crippen LogP contribution in [0.5, 0.6) is 0 Å². The molecule has 204 valence electrons. The highest BCUT2D eigenvalue weighted by Crippen LogP contribution is 2.48. The molecule has 0 radical (unpaired) electrons. The van der Waals surface area contributed by atoms with Crippen LogP contribution in [0.3, 0.4) is 0 Å². The summed E-state index contributed by atoms with van der Waals surface area (Å²) in [5.41, 5.74) is 3.20. The Hall–Kier alpha value is -3.38. The second-order valence-electron chi connectivity index (χ2n) is 10.8. The van der Waals surface area contributed by atoms with Gasteiger partial charge >= 0.3 is 5.97 Å². The molecule has 2 bridgehead atoms. The molecule has 4 aromatic rings. The molecular weight excluding hydrogens is 516 g/mol. The molecule has 2 fully saturated rings. The first-order valence-corrected chi connectivity index (χ1v) is 14.9. The van der Waals surface area contributed by atoms with Gasteiger partial charge in [-0.3, -0.25) is 4.79 Å². The Balaban J connectivity index is 1.29. The van der Waals surface area contributed by atoms with Gasteiger partial charge in [0.1, 0.15) is 0 Å². The van der Waals surface area contributed by atoms with Crippen molar-refractivity contribution in [3.05, 3.63) is 138 Å². The summed E-state index contributed by atoms with van der Waals surface area (Å²) < 4.78 is 18.8. The third-order valence-corrected chi connectivity index (χ3v) is 9.13. The zero-order chi connectivity index (χ0) is 27.2. The molecule has 4 atom stereocenters. The first-order valence-electron chi connectivity index (χ1n) is 14.0. The lowest BCUT2D eigenvalue weighted by atomic mass is 9.67. The molecule has 40 heavy (non-hydrogen) atoms. The van der Waals surface area contributed by atoms with E-state index >= 15 is 0 Å². The van der Waals surface area contributed by atoms with Crippen molar-refractivity contribution in [2.24, 2.45) is 5.41 Å². The molecule has 0 spiro atoms. The molecule has 6 rings (SSSR count). The van der Waals surface area contributed by atoms with Crippen molar-refractivity contribution >= 4 is 17.7 Å². The van der Waals surface area contributed by atoms with E-state index in [0.717, 1.165) is 29.7 Å². The van der Waals surface area contributed by atoms with E-state index in [2.05, 4.69) is 72.8 Å². The third-order valence-electron chi connectivity index (χ3n) is 7.86. The van der Waals surface area contributed by atoms with E-state index in [-0.39, 0.29) is 29.2 Å². The van der Waals surface area contributed by atoms with Gasteiger partial charge in [-0.15, -0.1) is 11.8 Å². The first-order chi connectivity index (χ1) is 19.7. The molecule has 0 amide bonds. The lowest BCUT2D eigenvalue weighted by Crippen LogP contribution is -2.53. The summed E-state index contributed by atoms with van der Waals surface area (Å²) in [6.45, 7) is 0.528. The minimum atomic E-state index is -0.563. The predicted molar refractivity (Wildman–Crippen MR) is 158 cm³/mol. The molecule has 2 heterocycles. The van der Waals surface area contributed by atoms with Gasteiger partial charge in [-0.1, -0.05) is 109 Å². The number of benzene rings is 4. The van der Waals surface area contributed by atoms with Crippen LogP contribution >= 0.6 is 11.8 Å². The van der Waals surface area contributed by atoms with E-state index in [4.69, 9.17) is 14.2 Å². The summed E-state index contributed by atoms with van der Waals surface area (Å²) in [6, 6.07) is 41.4. The third kappa shape index (κ3) is 6.33. The zero-order valence-corrected chi connectivity index (χ0v) is 23.2. The molecule has 0 aliphatic carbocycles. The van der Waals surface area contributed by atoms with Crippen LogP contribution in [0.1, 0.15) is 34.8 Å². The molecule has 4 aromatic carbocycles. The quantitative estimate of drug-likeness (QED) is 0.152. The number of thioether (sulfide) groups is 1. The van der Waals surface area contributed by atoms with Gasteiger partial charge in [0.05, 0.1) is 19.1 Å². The Bertz CT molecular complexity index is 1320. The normalized spacial score (nSPS) is 21.9. The summed E-state index contributed by atoms with van der Waals surface area (Å²) in [7, 11) is 0. The van der Waals surface area contributed by atoms with Crippen LogP contribution in [-0.2, 0) is 31.8 Å². The summed E-state index contributed by atoms with van der Waals surface area (Å²) in [6.07, 6.45) is 1.50. The fraction of sp³-hybridized carbons (Fsp3) is 0.286. The molecule has 2 saturated heterocycles. The maximum absolute atomic E-state index is 13.8. The first kappa shape index (κ1) is 26.8. The van der Waals surface area contributed by atoms with E-state index in [1.165, 1.54) is 11.1 Å². The van der Waals surface area contributed by atoms with Crippen LogP contribution < -0.4 is 0 Å². The van der Waals surface area contributed by atoms with Crippen LogP contribution in [0.15, 0.2) is 126 Å². The number of ether oxygens (including phenoxy) is 3. The van der Waals surface area contributed by atoms with E-state index < -0.39 is 12.4 Å². The molecular formula is C35H34O4S. The zero-order valence-electron chi connectivity index (χ0n) is 22.4. The maximum Gasteiger partial charge on any atom is 0.307 e. The monoisotopic (exact) mass is 550 g/mol. The summed E-state index contributed by atoms with van der Waals surface area (Å²) in [4.78, 5) is 14.9. The summed E-state index contributed by atoms with van der Waals surface area (Å²) in [5, 5.41) is -0.0736. The Morgan fingerprint density at radius 3 is 1.95 bits per heavy atom. The van der Waals surface area contributed by atoms with Gasteiger partial charge in [-0.25, -0.2) is 0 Å². The second-order valence-corrected chi connectivity index (χ2v) is 12.1. The average molecular weight is 551 g/mol. The minimum Gasteiger partial charge on any atom is -0.456 e.